The highest BCUT2D eigenvalue weighted by molar-refractivity contribution is 7.91. The van der Waals surface area contributed by atoms with E-state index < -0.39 is 15.8 Å². The predicted molar refractivity (Wildman–Crippen MR) is 127 cm³/mol. The second-order valence-corrected chi connectivity index (χ2v) is 10.7. The fourth-order valence-electron chi connectivity index (χ4n) is 4.96. The summed E-state index contributed by atoms with van der Waals surface area (Å²) in [6.45, 7) is 1.35. The minimum absolute atomic E-state index is 0.0268. The maximum Gasteiger partial charge on any atom is 0.275 e. The molecule has 2 aromatic carbocycles. The number of nitrogens with zero attached hydrogens (tertiary/aromatic N) is 2. The van der Waals surface area contributed by atoms with Crippen LogP contribution in [0.4, 0.5) is 10.1 Å². The van der Waals surface area contributed by atoms with Gasteiger partial charge in [0, 0.05) is 36.8 Å². The van der Waals surface area contributed by atoms with Crippen molar-refractivity contribution in [2.75, 3.05) is 17.8 Å². The quantitative estimate of drug-likeness (QED) is 0.606. The summed E-state index contributed by atoms with van der Waals surface area (Å²) in [5.74, 6) is -0.726. The molecule has 1 N–H and O–H groups in total. The van der Waals surface area contributed by atoms with E-state index in [1.165, 1.54) is 30.3 Å². The van der Waals surface area contributed by atoms with E-state index in [2.05, 4.69) is 4.72 Å². The second kappa shape index (κ2) is 8.72. The highest BCUT2D eigenvalue weighted by Gasteiger charge is 2.37. The van der Waals surface area contributed by atoms with Gasteiger partial charge in [-0.3, -0.25) is 14.3 Å². The molecule has 1 aromatic heterocycles. The molecular weight excluding hydrogens is 457 g/mol. The maximum absolute atomic E-state index is 13.2. The van der Waals surface area contributed by atoms with Crippen LogP contribution in [0.1, 0.15) is 34.0 Å². The number of carbonyl (C=O) groups is 1. The number of rotatable bonds is 5. The molecular formula is C25H24FN3O4S. The Morgan fingerprint density at radius 2 is 1.71 bits per heavy atom. The number of benzene rings is 2. The summed E-state index contributed by atoms with van der Waals surface area (Å²) < 4.78 is 42.6. The number of fused-ring (bicyclic) bond motifs is 4. The van der Waals surface area contributed by atoms with E-state index in [9.17, 15) is 22.4 Å². The number of likely N-dealkylation sites (tertiary alicyclic amines) is 1. The van der Waals surface area contributed by atoms with E-state index in [-0.39, 0.29) is 34.7 Å². The first-order chi connectivity index (χ1) is 16.3. The smallest absolute Gasteiger partial charge is 0.275 e. The first-order valence-electron chi connectivity index (χ1n) is 11.1. The van der Waals surface area contributed by atoms with Gasteiger partial charge in [0.05, 0.1) is 5.75 Å². The third-order valence-electron chi connectivity index (χ3n) is 6.45. The second-order valence-electron chi connectivity index (χ2n) is 8.95. The Balaban J connectivity index is 1.36. The van der Waals surface area contributed by atoms with Crippen LogP contribution in [-0.2, 0) is 22.3 Å². The van der Waals surface area contributed by atoms with Crippen molar-refractivity contribution in [1.29, 1.82) is 0 Å². The molecule has 2 bridgehead atoms. The summed E-state index contributed by atoms with van der Waals surface area (Å²) >= 11 is 0. The van der Waals surface area contributed by atoms with Gasteiger partial charge in [-0.1, -0.05) is 30.3 Å². The Kier molecular flexibility index (Phi) is 5.73. The van der Waals surface area contributed by atoms with Gasteiger partial charge in [-0.25, -0.2) is 12.8 Å². The third kappa shape index (κ3) is 4.48. The highest BCUT2D eigenvalue weighted by Crippen LogP contribution is 2.36. The minimum atomic E-state index is -3.75. The van der Waals surface area contributed by atoms with Crippen molar-refractivity contribution in [3.8, 4) is 0 Å². The molecule has 1 fully saturated rings. The molecule has 2 unspecified atom stereocenters. The lowest BCUT2D eigenvalue weighted by Crippen LogP contribution is -2.49. The van der Waals surface area contributed by atoms with E-state index in [1.807, 2.05) is 6.07 Å². The van der Waals surface area contributed by atoms with Gasteiger partial charge >= 0.3 is 0 Å². The molecule has 3 aromatic rings. The number of anilines is 1. The Labute approximate surface area is 196 Å². The zero-order valence-electron chi connectivity index (χ0n) is 18.4. The van der Waals surface area contributed by atoms with Gasteiger partial charge in [-0.15, -0.1) is 0 Å². The normalized spacial score (nSPS) is 19.4. The lowest BCUT2D eigenvalue weighted by atomic mass is 9.83. The fraction of sp³-hybridized carbons (Fsp3) is 0.280. The molecule has 0 aliphatic carbocycles. The highest BCUT2D eigenvalue weighted by atomic mass is 32.2. The number of hydrogen-bond acceptors (Lipinski definition) is 4. The number of hydrogen-bond donors (Lipinski definition) is 1. The Morgan fingerprint density at radius 3 is 2.44 bits per heavy atom. The number of piperidine rings is 1. The van der Waals surface area contributed by atoms with E-state index in [4.69, 9.17) is 0 Å². The van der Waals surface area contributed by atoms with Crippen molar-refractivity contribution in [1.82, 2.24) is 9.47 Å². The third-order valence-corrected chi connectivity index (χ3v) is 7.69. The number of pyridine rings is 1. The molecule has 7 nitrogen and oxygen atoms in total. The van der Waals surface area contributed by atoms with E-state index >= 15 is 0 Å². The van der Waals surface area contributed by atoms with Crippen molar-refractivity contribution in [2.24, 2.45) is 5.92 Å². The van der Waals surface area contributed by atoms with Gasteiger partial charge in [-0.2, -0.15) is 0 Å². The molecule has 9 heteroatoms. The maximum atomic E-state index is 13.2. The molecule has 1 saturated heterocycles. The van der Waals surface area contributed by atoms with Gasteiger partial charge in [-0.05, 0) is 54.3 Å². The number of nitrogens with one attached hydrogen (secondary N) is 1. The summed E-state index contributed by atoms with van der Waals surface area (Å²) in [4.78, 5) is 27.9. The van der Waals surface area contributed by atoms with Crippen LogP contribution in [0, 0.1) is 11.7 Å². The Morgan fingerprint density at radius 1 is 0.971 bits per heavy atom. The van der Waals surface area contributed by atoms with Crippen LogP contribution in [0.2, 0.25) is 0 Å². The van der Waals surface area contributed by atoms with Crippen LogP contribution in [0.15, 0.2) is 71.5 Å². The van der Waals surface area contributed by atoms with Gasteiger partial charge in [0.2, 0.25) is 10.0 Å². The zero-order chi connectivity index (χ0) is 23.9. The Bertz CT molecular complexity index is 1390. The summed E-state index contributed by atoms with van der Waals surface area (Å²) in [5, 5.41) is 0. The van der Waals surface area contributed by atoms with Crippen molar-refractivity contribution < 1.29 is 17.6 Å². The Hall–Kier alpha value is -3.46. The first-order valence-corrected chi connectivity index (χ1v) is 12.8. The number of halogens is 1. The molecule has 2 aliphatic heterocycles. The topological polar surface area (TPSA) is 88.5 Å². The van der Waals surface area contributed by atoms with Crippen molar-refractivity contribution in [3.63, 3.8) is 0 Å². The van der Waals surface area contributed by atoms with Crippen LogP contribution in [0.3, 0.4) is 0 Å². The molecule has 5 rings (SSSR count). The van der Waals surface area contributed by atoms with E-state index in [0.717, 1.165) is 12.1 Å². The average Bonchev–Trinajstić information content (AvgIpc) is 2.81. The summed E-state index contributed by atoms with van der Waals surface area (Å²) in [7, 11) is -3.75. The lowest BCUT2D eigenvalue weighted by molar-refractivity contribution is 0.0594. The largest absolute Gasteiger partial charge is 0.338 e. The average molecular weight is 482 g/mol. The molecule has 1 amide bonds. The van der Waals surface area contributed by atoms with E-state index in [0.29, 0.717) is 30.8 Å². The molecule has 2 aliphatic rings. The molecule has 2 atom stereocenters. The molecule has 34 heavy (non-hydrogen) atoms. The van der Waals surface area contributed by atoms with Gasteiger partial charge in [0.1, 0.15) is 11.5 Å². The number of aromatic nitrogens is 1. The molecule has 0 radical (unpaired) electrons. The number of amides is 1. The van der Waals surface area contributed by atoms with Crippen LogP contribution >= 0.6 is 0 Å². The van der Waals surface area contributed by atoms with Crippen molar-refractivity contribution in [2.45, 2.75) is 24.6 Å². The van der Waals surface area contributed by atoms with Crippen LogP contribution in [-0.4, -0.2) is 36.9 Å². The van der Waals surface area contributed by atoms with Crippen LogP contribution < -0.4 is 10.3 Å². The van der Waals surface area contributed by atoms with E-state index in [1.54, 1.807) is 39.8 Å². The summed E-state index contributed by atoms with van der Waals surface area (Å²) in [5.41, 5.74) is 1.51. The van der Waals surface area contributed by atoms with Crippen LogP contribution in [0.5, 0.6) is 0 Å². The van der Waals surface area contributed by atoms with Crippen molar-refractivity contribution >= 4 is 21.6 Å². The standard InChI is InChI=1S/C25H24FN3O4S/c26-21-8-6-19(7-9-21)24(30)28-13-18-12-20(15-28)23-11-10-22(25(31)29(23)14-18)27-34(32,33)16-17-4-2-1-3-5-17/h1-11,18,20,27H,12-16H2. The zero-order valence-corrected chi connectivity index (χ0v) is 19.2. The lowest BCUT2D eigenvalue weighted by Gasteiger charge is -2.43. The SMILES string of the molecule is O=C(c1ccc(F)cc1)N1CC2CC(C1)c1ccc(NS(=O)(=O)Cc3ccccc3)c(=O)n1C2. The monoisotopic (exact) mass is 481 g/mol. The fourth-order valence-corrected chi connectivity index (χ4v) is 6.16. The first kappa shape index (κ1) is 22.3. The van der Waals surface area contributed by atoms with Gasteiger partial charge < -0.3 is 9.47 Å². The summed E-state index contributed by atoms with van der Waals surface area (Å²) in [6.07, 6.45) is 0.853. The molecule has 176 valence electrons. The van der Waals surface area contributed by atoms with Crippen molar-refractivity contribution in [3.05, 3.63) is 99.7 Å². The number of carbonyl (C=O) groups excluding carboxylic acids is 1. The van der Waals surface area contributed by atoms with Crippen LogP contribution in [0.25, 0.3) is 0 Å². The van der Waals surface area contributed by atoms with Gasteiger partial charge in [0.15, 0.2) is 0 Å². The minimum Gasteiger partial charge on any atom is -0.338 e. The molecule has 0 spiro atoms. The van der Waals surface area contributed by atoms with Gasteiger partial charge in [0.25, 0.3) is 11.5 Å². The number of sulfonamides is 1. The molecule has 3 heterocycles. The molecule has 0 saturated carbocycles. The summed E-state index contributed by atoms with van der Waals surface area (Å²) in [6, 6.07) is 17.6. The predicted octanol–water partition coefficient (Wildman–Crippen LogP) is 3.19.